The van der Waals surface area contributed by atoms with Gasteiger partial charge in [0.1, 0.15) is 11.2 Å². The highest BCUT2D eigenvalue weighted by Crippen LogP contribution is 2.35. The molecule has 0 aliphatic rings. The smallest absolute Gasteiger partial charge is 0.416 e. The third-order valence-corrected chi connectivity index (χ3v) is 7.29. The van der Waals surface area contributed by atoms with Crippen LogP contribution in [0.4, 0.5) is 13.2 Å². The average molecular weight is 515 g/mol. The van der Waals surface area contributed by atoms with Crippen molar-refractivity contribution in [2.24, 2.45) is 0 Å². The second-order valence-electron chi connectivity index (χ2n) is 9.74. The summed E-state index contributed by atoms with van der Waals surface area (Å²) in [7, 11) is 0. The summed E-state index contributed by atoms with van der Waals surface area (Å²) in [4.78, 5) is 0. The molecule has 0 N–H and O–H groups in total. The lowest BCUT2D eigenvalue weighted by atomic mass is 9.96. The zero-order valence-electron chi connectivity index (χ0n) is 20.7. The summed E-state index contributed by atoms with van der Waals surface area (Å²) in [6.45, 7) is 0. The lowest BCUT2D eigenvalue weighted by Gasteiger charge is -2.10. The summed E-state index contributed by atoms with van der Waals surface area (Å²) in [5.41, 5.74) is 6.74. The fraction of sp³-hybridized carbons (Fsp3) is 0.0286. The quantitative estimate of drug-likeness (QED) is 0.229. The van der Waals surface area contributed by atoms with Crippen molar-refractivity contribution in [1.82, 2.24) is 0 Å². The molecule has 0 atom stereocenters. The van der Waals surface area contributed by atoms with Crippen LogP contribution in [0.5, 0.6) is 0 Å². The minimum absolute atomic E-state index is 0.545. The Balaban J connectivity index is 1.19. The van der Waals surface area contributed by atoms with E-state index in [0.29, 0.717) is 5.56 Å². The van der Waals surface area contributed by atoms with Gasteiger partial charge in [0.2, 0.25) is 0 Å². The second kappa shape index (κ2) is 8.88. The van der Waals surface area contributed by atoms with Crippen molar-refractivity contribution < 1.29 is 17.6 Å². The number of furan rings is 1. The van der Waals surface area contributed by atoms with E-state index in [1.807, 2.05) is 48.5 Å². The molecule has 1 nitrogen and oxygen atoms in total. The van der Waals surface area contributed by atoms with Gasteiger partial charge in [0.15, 0.2) is 0 Å². The molecule has 0 radical (unpaired) electrons. The standard InChI is InChI=1S/C35H21F3O/c36-35(37,38)30-5-3-4-24(20-30)22-8-10-23(11-9-22)25-12-13-27-19-28(15-14-26(27)18-25)29-16-17-34-32(21-29)31-6-1-2-7-33(31)39-34/h1-21H. The van der Waals surface area contributed by atoms with Gasteiger partial charge < -0.3 is 4.42 Å². The maximum Gasteiger partial charge on any atom is 0.416 e. The van der Waals surface area contributed by atoms with E-state index in [1.54, 1.807) is 6.07 Å². The number of benzene rings is 6. The Kier molecular flexibility index (Phi) is 5.31. The summed E-state index contributed by atoms with van der Waals surface area (Å²) >= 11 is 0. The average Bonchev–Trinajstić information content (AvgIpc) is 3.34. The van der Waals surface area contributed by atoms with Crippen LogP contribution in [-0.4, -0.2) is 0 Å². The molecule has 1 aromatic heterocycles. The van der Waals surface area contributed by atoms with Crippen LogP contribution in [-0.2, 0) is 6.18 Å². The SMILES string of the molecule is FC(F)(F)c1cccc(-c2ccc(-c3ccc4cc(-c5ccc6oc7ccccc7c6c5)ccc4c3)cc2)c1. The van der Waals surface area contributed by atoms with Crippen LogP contribution in [0, 0.1) is 0 Å². The van der Waals surface area contributed by atoms with Crippen LogP contribution in [0.15, 0.2) is 132 Å². The van der Waals surface area contributed by atoms with E-state index in [0.717, 1.165) is 66.6 Å². The predicted octanol–water partition coefficient (Wildman–Crippen LogP) is 10.8. The zero-order chi connectivity index (χ0) is 26.6. The van der Waals surface area contributed by atoms with E-state index < -0.39 is 11.7 Å². The third-order valence-electron chi connectivity index (χ3n) is 7.29. The molecule has 0 bridgehead atoms. The summed E-state index contributed by atoms with van der Waals surface area (Å²) < 4.78 is 45.3. The highest BCUT2D eigenvalue weighted by atomic mass is 19.4. The Hall–Kier alpha value is -4.83. The Bertz CT molecular complexity index is 2000. The number of alkyl halides is 3. The van der Waals surface area contributed by atoms with Crippen molar-refractivity contribution in [3.8, 4) is 33.4 Å². The molecule has 0 aliphatic carbocycles. The Morgan fingerprint density at radius 3 is 1.64 bits per heavy atom. The van der Waals surface area contributed by atoms with Crippen LogP contribution >= 0.6 is 0 Å². The van der Waals surface area contributed by atoms with Gasteiger partial charge in [-0.25, -0.2) is 0 Å². The number of fused-ring (bicyclic) bond motifs is 4. The fourth-order valence-electron chi connectivity index (χ4n) is 5.24. The topological polar surface area (TPSA) is 13.1 Å². The molecule has 0 saturated carbocycles. The van der Waals surface area contributed by atoms with Crippen molar-refractivity contribution >= 4 is 32.7 Å². The largest absolute Gasteiger partial charge is 0.456 e. The van der Waals surface area contributed by atoms with Gasteiger partial charge >= 0.3 is 6.18 Å². The molecule has 7 aromatic rings. The molecule has 0 spiro atoms. The van der Waals surface area contributed by atoms with Crippen molar-refractivity contribution in [2.75, 3.05) is 0 Å². The van der Waals surface area contributed by atoms with E-state index in [9.17, 15) is 13.2 Å². The first kappa shape index (κ1) is 23.3. The fourth-order valence-corrected chi connectivity index (χ4v) is 5.24. The first-order chi connectivity index (χ1) is 18.9. The number of hydrogen-bond donors (Lipinski definition) is 0. The number of halogens is 3. The molecule has 0 unspecified atom stereocenters. The van der Waals surface area contributed by atoms with Crippen LogP contribution in [0.2, 0.25) is 0 Å². The van der Waals surface area contributed by atoms with E-state index >= 15 is 0 Å². The highest BCUT2D eigenvalue weighted by molar-refractivity contribution is 6.06. The van der Waals surface area contributed by atoms with Gasteiger partial charge in [-0.3, -0.25) is 0 Å². The summed E-state index contributed by atoms with van der Waals surface area (Å²) in [6.07, 6.45) is -4.36. The molecular weight excluding hydrogens is 493 g/mol. The molecule has 0 amide bonds. The molecule has 0 aliphatic heterocycles. The van der Waals surface area contributed by atoms with Crippen molar-refractivity contribution in [2.45, 2.75) is 6.18 Å². The van der Waals surface area contributed by atoms with Gasteiger partial charge in [0, 0.05) is 10.8 Å². The Labute approximate surface area is 222 Å². The van der Waals surface area contributed by atoms with Gasteiger partial charge in [0.05, 0.1) is 5.56 Å². The van der Waals surface area contributed by atoms with E-state index in [1.165, 1.54) is 12.1 Å². The minimum Gasteiger partial charge on any atom is -0.456 e. The van der Waals surface area contributed by atoms with Crippen LogP contribution in [0.25, 0.3) is 66.1 Å². The van der Waals surface area contributed by atoms with Crippen molar-refractivity contribution in [1.29, 1.82) is 0 Å². The van der Waals surface area contributed by atoms with Gasteiger partial charge in [-0.05, 0) is 86.6 Å². The highest BCUT2D eigenvalue weighted by Gasteiger charge is 2.30. The lowest BCUT2D eigenvalue weighted by molar-refractivity contribution is -0.137. The lowest BCUT2D eigenvalue weighted by Crippen LogP contribution is -2.04. The number of hydrogen-bond acceptors (Lipinski definition) is 1. The van der Waals surface area contributed by atoms with Gasteiger partial charge in [-0.1, -0.05) is 84.9 Å². The monoisotopic (exact) mass is 514 g/mol. The molecule has 6 aromatic carbocycles. The van der Waals surface area contributed by atoms with Crippen molar-refractivity contribution in [3.63, 3.8) is 0 Å². The second-order valence-corrected chi connectivity index (χ2v) is 9.74. The molecule has 7 rings (SSSR count). The normalized spacial score (nSPS) is 12.0. The molecule has 4 heteroatoms. The third kappa shape index (κ3) is 4.24. The molecular formula is C35H21F3O. The summed E-state index contributed by atoms with van der Waals surface area (Å²) in [5.74, 6) is 0. The van der Waals surface area contributed by atoms with Crippen molar-refractivity contribution in [3.05, 3.63) is 133 Å². The summed E-state index contributed by atoms with van der Waals surface area (Å²) in [5, 5.41) is 4.47. The summed E-state index contributed by atoms with van der Waals surface area (Å²) in [6, 6.07) is 40.2. The van der Waals surface area contributed by atoms with Gasteiger partial charge in [-0.15, -0.1) is 0 Å². The maximum absolute atomic E-state index is 13.1. The van der Waals surface area contributed by atoms with Gasteiger partial charge in [-0.2, -0.15) is 13.2 Å². The molecule has 39 heavy (non-hydrogen) atoms. The zero-order valence-corrected chi connectivity index (χ0v) is 20.7. The van der Waals surface area contributed by atoms with Crippen LogP contribution < -0.4 is 0 Å². The maximum atomic E-state index is 13.1. The first-order valence-electron chi connectivity index (χ1n) is 12.7. The molecule has 1 heterocycles. The van der Waals surface area contributed by atoms with E-state index in [4.69, 9.17) is 4.42 Å². The number of para-hydroxylation sites is 1. The van der Waals surface area contributed by atoms with E-state index in [-0.39, 0.29) is 0 Å². The molecule has 0 saturated heterocycles. The van der Waals surface area contributed by atoms with Gasteiger partial charge in [0.25, 0.3) is 0 Å². The Morgan fingerprint density at radius 2 is 0.949 bits per heavy atom. The van der Waals surface area contributed by atoms with Crippen LogP contribution in [0.3, 0.4) is 0 Å². The number of rotatable bonds is 3. The van der Waals surface area contributed by atoms with E-state index in [2.05, 4.69) is 54.6 Å². The molecule has 188 valence electrons. The predicted molar refractivity (Wildman–Crippen MR) is 153 cm³/mol. The minimum atomic E-state index is -4.36. The van der Waals surface area contributed by atoms with Crippen LogP contribution in [0.1, 0.15) is 5.56 Å². The Morgan fingerprint density at radius 1 is 0.410 bits per heavy atom. The first-order valence-corrected chi connectivity index (χ1v) is 12.7. The molecule has 0 fully saturated rings.